The van der Waals surface area contributed by atoms with Gasteiger partial charge in [0, 0.05) is 0 Å². The van der Waals surface area contributed by atoms with Crippen LogP contribution in [0.2, 0.25) is 0 Å². The van der Waals surface area contributed by atoms with Gasteiger partial charge in [0.1, 0.15) is 0 Å². The maximum absolute atomic E-state index is 13.4. The van der Waals surface area contributed by atoms with Gasteiger partial charge in [-0.15, -0.1) is 0 Å². The second kappa shape index (κ2) is 14.6. The van der Waals surface area contributed by atoms with Gasteiger partial charge in [-0.3, -0.25) is 0 Å². The quantitative estimate of drug-likeness (QED) is 0.351. The van der Waals surface area contributed by atoms with Crippen LogP contribution in [0.5, 0.6) is 0 Å². The molecule has 0 saturated carbocycles. The Morgan fingerprint density at radius 3 is 2.23 bits per heavy atom. The van der Waals surface area contributed by atoms with Crippen LogP contribution < -0.4 is 0 Å². The first kappa shape index (κ1) is 32.8. The zero-order valence-corrected chi connectivity index (χ0v) is 25.2. The van der Waals surface area contributed by atoms with E-state index in [4.69, 9.17) is 14.2 Å². The summed E-state index contributed by atoms with van der Waals surface area (Å²) in [5, 5.41) is 21.3. The Kier molecular flexibility index (Phi) is 13.7. The van der Waals surface area contributed by atoms with Crippen LogP contribution >= 0.6 is 0 Å². The third-order valence-corrected chi connectivity index (χ3v) is 9.07. The fourth-order valence-corrected chi connectivity index (χ4v) is 5.77. The normalized spacial score (nSPS) is 38.8. The Morgan fingerprint density at radius 2 is 1.71 bits per heavy atom. The number of ether oxygens (including phenoxy) is 3. The van der Waals surface area contributed by atoms with Gasteiger partial charge < -0.3 is 5.11 Å². The van der Waals surface area contributed by atoms with E-state index in [9.17, 15) is 15.0 Å². The molecule has 0 aliphatic carbocycles. The van der Waals surface area contributed by atoms with Gasteiger partial charge >= 0.3 is 212 Å². The Balaban J connectivity index is 3.30. The zero-order valence-electron chi connectivity index (χ0n) is 23.8. The second-order valence-corrected chi connectivity index (χ2v) is 12.3. The van der Waals surface area contributed by atoms with E-state index in [0.29, 0.717) is 31.1 Å². The molecule has 0 amide bonds. The van der Waals surface area contributed by atoms with E-state index in [1.807, 2.05) is 27.7 Å². The Bertz CT molecular complexity index is 666. The summed E-state index contributed by atoms with van der Waals surface area (Å²) in [6, 6.07) is 0. The first-order valence-corrected chi connectivity index (χ1v) is 14.3. The van der Waals surface area contributed by atoms with Crippen molar-refractivity contribution in [1.82, 2.24) is 0 Å². The van der Waals surface area contributed by atoms with Crippen molar-refractivity contribution in [3.63, 3.8) is 0 Å². The fraction of sp³-hybridized carbons (Fsp3) is 0.929. The number of aliphatic hydroxyl groups excluding tert-OH is 1. The van der Waals surface area contributed by atoms with Crippen molar-refractivity contribution in [3.8, 4) is 0 Å². The first-order valence-electron chi connectivity index (χ1n) is 13.6. The molecule has 1 heterocycles. The molecule has 11 atom stereocenters. The van der Waals surface area contributed by atoms with Crippen LogP contribution in [0, 0.1) is 29.6 Å². The van der Waals surface area contributed by atoms with E-state index in [1.54, 1.807) is 13.8 Å². The molecule has 0 radical (unpaired) electrons. The number of hydrogen-bond acceptors (Lipinski definition) is 6. The zero-order chi connectivity index (χ0) is 27.1. The van der Waals surface area contributed by atoms with Crippen LogP contribution in [-0.2, 0) is 36.0 Å². The predicted molar refractivity (Wildman–Crippen MR) is 137 cm³/mol. The van der Waals surface area contributed by atoms with E-state index in [2.05, 4.69) is 44.7 Å². The van der Waals surface area contributed by atoms with Gasteiger partial charge in [0.2, 0.25) is 0 Å². The summed E-state index contributed by atoms with van der Waals surface area (Å²) < 4.78 is 19.7. The average Bonchev–Trinajstić information content (AvgIpc) is 2.77. The minimum atomic E-state index is -1.13. The number of esters is 1. The second-order valence-electron chi connectivity index (χ2n) is 11.5. The number of cyclic esters (lactones) is 1. The summed E-state index contributed by atoms with van der Waals surface area (Å²) in [4.78, 5) is 13.4. The number of aliphatic hydroxyl groups is 2. The van der Waals surface area contributed by atoms with Gasteiger partial charge in [0.15, 0.2) is 0 Å². The molecule has 35 heavy (non-hydrogen) atoms. The van der Waals surface area contributed by atoms with Crippen molar-refractivity contribution in [3.05, 3.63) is 0 Å². The molecule has 0 aromatic rings. The van der Waals surface area contributed by atoms with Gasteiger partial charge in [0.25, 0.3) is 0 Å². The van der Waals surface area contributed by atoms with E-state index >= 15 is 0 Å². The van der Waals surface area contributed by atoms with Crippen molar-refractivity contribution >= 4 is 10.2 Å². The Morgan fingerprint density at radius 1 is 1.11 bits per heavy atom. The van der Waals surface area contributed by atoms with E-state index < -0.39 is 36.1 Å². The standard InChI is InChI=1S/C28H52O6.V/c1-11-24-28(10,31)16-19(5)14-17(3)13-18(4)15-20(6)26(21(7)27(30)33-24)34-25(12-2)32-23(9)22(8)29;/h17-26,29,31H,11-13,15-16H2,1-10H3;/t17-,18+,19+,20?,21?,22-,23?,24?,25+,26?,28+;/m1./s1. The number of carbonyl (C=O) groups excluding carboxylic acids is 1. The summed E-state index contributed by atoms with van der Waals surface area (Å²) in [6.45, 7) is 19.9. The van der Waals surface area contributed by atoms with Crippen molar-refractivity contribution in [2.75, 3.05) is 0 Å². The molecule has 1 rings (SSSR count). The van der Waals surface area contributed by atoms with Gasteiger partial charge in [-0.25, -0.2) is 0 Å². The SMILES string of the molecule is CCC1OC(=O)C(C)C(O[C@@H](CC)OC(C)[C@@H](C)O)C(C)C[C@@H](C)C[C@@H](C)[C](=[V])[C@H](C)C[C@]1(C)O. The Labute approximate surface area is 223 Å². The summed E-state index contributed by atoms with van der Waals surface area (Å²) in [5.41, 5.74) is -1.13. The van der Waals surface area contributed by atoms with Crippen LogP contribution in [0.4, 0.5) is 0 Å². The monoisotopic (exact) mass is 535 g/mol. The molecule has 0 spiro atoms. The van der Waals surface area contributed by atoms with Crippen LogP contribution in [0.25, 0.3) is 0 Å². The average molecular weight is 536 g/mol. The summed E-state index contributed by atoms with van der Waals surface area (Å²) in [7, 11) is 0. The Hall–Kier alpha value is -0.236. The van der Waals surface area contributed by atoms with Crippen molar-refractivity contribution in [2.24, 2.45) is 29.6 Å². The number of hydrogen-bond donors (Lipinski definition) is 2. The fourth-order valence-electron chi connectivity index (χ4n) is 5.46. The van der Waals surface area contributed by atoms with Gasteiger partial charge in [-0.2, -0.15) is 0 Å². The summed E-state index contributed by atoms with van der Waals surface area (Å²) in [6.07, 6.45) is 1.09. The van der Waals surface area contributed by atoms with Crippen LogP contribution in [0.1, 0.15) is 101 Å². The molecular weight excluding hydrogens is 483 g/mol. The van der Waals surface area contributed by atoms with Gasteiger partial charge in [-0.1, -0.05) is 0 Å². The summed E-state index contributed by atoms with van der Waals surface area (Å²) >= 11 is 2.74. The molecule has 1 saturated heterocycles. The minimum absolute atomic E-state index is 0.0926. The first-order chi connectivity index (χ1) is 16.1. The number of rotatable bonds is 7. The number of carbonyl (C=O) groups is 1. The molecule has 7 heteroatoms. The molecule has 0 aromatic carbocycles. The third-order valence-electron chi connectivity index (χ3n) is 7.70. The van der Waals surface area contributed by atoms with Crippen LogP contribution in [-0.4, -0.2) is 56.7 Å². The van der Waals surface area contributed by atoms with Crippen molar-refractivity contribution in [1.29, 1.82) is 0 Å². The predicted octanol–water partition coefficient (Wildman–Crippen LogP) is 5.05. The molecule has 205 valence electrons. The van der Waals surface area contributed by atoms with Gasteiger partial charge in [-0.05, 0) is 6.92 Å². The molecule has 5 unspecified atom stereocenters. The maximum atomic E-state index is 13.4. The van der Waals surface area contributed by atoms with Gasteiger partial charge in [0.05, 0.1) is 0 Å². The van der Waals surface area contributed by atoms with E-state index in [1.165, 1.54) is 4.23 Å². The van der Waals surface area contributed by atoms with Crippen molar-refractivity contribution < 1.29 is 46.2 Å². The van der Waals surface area contributed by atoms with Crippen molar-refractivity contribution in [2.45, 2.75) is 138 Å². The van der Waals surface area contributed by atoms with E-state index in [0.717, 1.165) is 12.8 Å². The molecular formula is C28H52O6V. The summed E-state index contributed by atoms with van der Waals surface area (Å²) in [5.74, 6) is 0.259. The third kappa shape index (κ3) is 9.87. The van der Waals surface area contributed by atoms with Crippen LogP contribution in [0.15, 0.2) is 0 Å². The molecule has 1 aliphatic heterocycles. The molecule has 6 nitrogen and oxygen atoms in total. The topological polar surface area (TPSA) is 85.2 Å². The van der Waals surface area contributed by atoms with E-state index in [-0.39, 0.29) is 23.9 Å². The molecule has 1 fully saturated rings. The van der Waals surface area contributed by atoms with Crippen LogP contribution in [0.3, 0.4) is 0 Å². The molecule has 1 aliphatic rings. The molecule has 2 N–H and O–H groups in total. The molecule has 0 bridgehead atoms. The molecule has 0 aromatic heterocycles.